The van der Waals surface area contributed by atoms with Crippen LogP contribution in [-0.2, 0) is 9.59 Å². The Morgan fingerprint density at radius 2 is 1.86 bits per heavy atom. The van der Waals surface area contributed by atoms with E-state index in [-0.39, 0.29) is 11.8 Å². The summed E-state index contributed by atoms with van der Waals surface area (Å²) in [6.07, 6.45) is 7.75. The fraction of sp³-hybridized carbons (Fsp3) is 0.364. The van der Waals surface area contributed by atoms with Gasteiger partial charge >= 0.3 is 0 Å². The third-order valence-electron chi connectivity index (χ3n) is 5.18. The minimum absolute atomic E-state index is 0.201. The van der Waals surface area contributed by atoms with Crippen molar-refractivity contribution in [1.29, 1.82) is 0 Å². The van der Waals surface area contributed by atoms with Crippen molar-refractivity contribution in [2.24, 2.45) is 5.92 Å². The van der Waals surface area contributed by atoms with E-state index in [9.17, 15) is 9.59 Å². The molecule has 1 aromatic heterocycles. The van der Waals surface area contributed by atoms with E-state index in [1.54, 1.807) is 24.5 Å². The summed E-state index contributed by atoms with van der Waals surface area (Å²) in [5.41, 5.74) is 1.86. The Labute approximate surface area is 164 Å². The minimum Gasteiger partial charge on any atom is -0.465 e. The quantitative estimate of drug-likeness (QED) is 0.809. The summed E-state index contributed by atoms with van der Waals surface area (Å²) >= 11 is 0. The number of nitrogens with one attached hydrogen (secondary N) is 1. The molecule has 1 aliphatic carbocycles. The molecule has 146 valence electrons. The molecule has 1 saturated heterocycles. The molecule has 2 heterocycles. The second kappa shape index (κ2) is 8.33. The van der Waals surface area contributed by atoms with Gasteiger partial charge in [-0.05, 0) is 61.7 Å². The topological polar surface area (TPSA) is 65.8 Å². The first-order chi connectivity index (χ1) is 13.7. The average Bonchev–Trinajstić information content (AvgIpc) is 3.48. The summed E-state index contributed by atoms with van der Waals surface area (Å²) in [4.78, 5) is 28.6. The second-order valence-electron chi connectivity index (χ2n) is 7.33. The summed E-state index contributed by atoms with van der Waals surface area (Å²) in [5.74, 6) is 1.06. The third kappa shape index (κ3) is 4.63. The highest BCUT2D eigenvalue weighted by atomic mass is 16.3. The van der Waals surface area contributed by atoms with Crippen LogP contribution in [0.15, 0.2) is 53.2 Å². The van der Waals surface area contributed by atoms with Crippen LogP contribution < -0.4 is 10.2 Å². The van der Waals surface area contributed by atoms with Gasteiger partial charge in [0.1, 0.15) is 5.76 Å². The van der Waals surface area contributed by atoms with Gasteiger partial charge in [0.2, 0.25) is 11.8 Å². The Morgan fingerprint density at radius 3 is 2.57 bits per heavy atom. The molecule has 1 aromatic carbocycles. The van der Waals surface area contributed by atoms with Gasteiger partial charge in [-0.25, -0.2) is 0 Å². The molecule has 0 bridgehead atoms. The summed E-state index contributed by atoms with van der Waals surface area (Å²) in [7, 11) is 0. The number of nitrogens with zero attached hydrogens (tertiary/aromatic N) is 2. The molecule has 28 heavy (non-hydrogen) atoms. The molecule has 2 aliphatic rings. The Hall–Kier alpha value is -3.02. The summed E-state index contributed by atoms with van der Waals surface area (Å²) < 4.78 is 5.17. The monoisotopic (exact) mass is 379 g/mol. The Kier molecular flexibility index (Phi) is 5.46. The number of benzene rings is 1. The zero-order chi connectivity index (χ0) is 19.3. The molecule has 1 aliphatic heterocycles. The van der Waals surface area contributed by atoms with Crippen molar-refractivity contribution in [3.63, 3.8) is 0 Å². The van der Waals surface area contributed by atoms with Gasteiger partial charge < -0.3 is 19.5 Å². The molecule has 0 unspecified atom stereocenters. The van der Waals surface area contributed by atoms with E-state index in [4.69, 9.17) is 4.42 Å². The second-order valence-corrected chi connectivity index (χ2v) is 7.33. The lowest BCUT2D eigenvalue weighted by Crippen LogP contribution is -2.36. The van der Waals surface area contributed by atoms with Crippen LogP contribution in [0.25, 0.3) is 6.08 Å². The highest BCUT2D eigenvalue weighted by Gasteiger charge is 2.33. The van der Waals surface area contributed by atoms with Gasteiger partial charge in [0.15, 0.2) is 0 Å². The maximum atomic E-state index is 12.3. The van der Waals surface area contributed by atoms with E-state index in [0.29, 0.717) is 11.7 Å². The average molecular weight is 379 g/mol. The van der Waals surface area contributed by atoms with Gasteiger partial charge in [0.25, 0.3) is 0 Å². The number of carbonyl (C=O) groups is 2. The van der Waals surface area contributed by atoms with Gasteiger partial charge in [0.05, 0.1) is 6.26 Å². The number of hydrogen-bond donors (Lipinski definition) is 1. The maximum Gasteiger partial charge on any atom is 0.248 e. The Balaban J connectivity index is 1.31. The first kappa shape index (κ1) is 18.3. The lowest BCUT2D eigenvalue weighted by Gasteiger charge is -2.24. The third-order valence-corrected chi connectivity index (χ3v) is 5.18. The molecule has 0 spiro atoms. The summed E-state index contributed by atoms with van der Waals surface area (Å²) in [6.45, 7) is 3.41. The standard InChI is InChI=1S/C22H25N3O3/c26-21(11-10-20-3-1-16-28-20)23-18-6-8-19(9-7-18)24-12-2-13-25(15-14-24)22(27)17-4-5-17/h1,3,6-11,16-17H,2,4-5,12-15H2,(H,23,26). The zero-order valence-electron chi connectivity index (χ0n) is 15.8. The minimum atomic E-state index is -0.201. The highest BCUT2D eigenvalue weighted by Crippen LogP contribution is 2.31. The maximum absolute atomic E-state index is 12.3. The molecular formula is C22H25N3O3. The van der Waals surface area contributed by atoms with Crippen molar-refractivity contribution in [1.82, 2.24) is 4.90 Å². The van der Waals surface area contributed by atoms with Crippen LogP contribution in [0.3, 0.4) is 0 Å². The van der Waals surface area contributed by atoms with Crippen LogP contribution in [0.1, 0.15) is 25.0 Å². The molecule has 1 N–H and O–H groups in total. The molecule has 0 radical (unpaired) electrons. The lowest BCUT2D eigenvalue weighted by molar-refractivity contribution is -0.132. The van der Waals surface area contributed by atoms with E-state index in [1.165, 1.54) is 6.08 Å². The smallest absolute Gasteiger partial charge is 0.248 e. The first-order valence-electron chi connectivity index (χ1n) is 9.85. The van der Waals surface area contributed by atoms with Gasteiger partial charge in [-0.15, -0.1) is 0 Å². The SMILES string of the molecule is O=C(C=Cc1ccco1)Nc1ccc(N2CCCN(C(=O)C3CC3)CC2)cc1. The Morgan fingerprint density at radius 1 is 1.04 bits per heavy atom. The van der Waals surface area contributed by atoms with Crippen LogP contribution in [0.5, 0.6) is 0 Å². The number of carbonyl (C=O) groups excluding carboxylic acids is 2. The van der Waals surface area contributed by atoms with Crippen LogP contribution in [0, 0.1) is 5.92 Å². The summed E-state index contributed by atoms with van der Waals surface area (Å²) in [6, 6.07) is 11.4. The van der Waals surface area contributed by atoms with Crippen LogP contribution in [0.4, 0.5) is 11.4 Å². The first-order valence-corrected chi connectivity index (χ1v) is 9.85. The van der Waals surface area contributed by atoms with Crippen molar-refractivity contribution in [3.05, 3.63) is 54.5 Å². The zero-order valence-corrected chi connectivity index (χ0v) is 15.8. The van der Waals surface area contributed by atoms with Crippen molar-refractivity contribution >= 4 is 29.3 Å². The molecule has 2 aromatic rings. The number of furan rings is 1. The largest absolute Gasteiger partial charge is 0.465 e. The van der Waals surface area contributed by atoms with E-state index >= 15 is 0 Å². The fourth-order valence-corrected chi connectivity index (χ4v) is 3.47. The number of anilines is 2. The van der Waals surface area contributed by atoms with E-state index in [0.717, 1.165) is 56.8 Å². The number of hydrogen-bond acceptors (Lipinski definition) is 4. The van der Waals surface area contributed by atoms with Crippen LogP contribution >= 0.6 is 0 Å². The molecule has 2 fully saturated rings. The molecule has 2 amide bonds. The molecule has 0 atom stereocenters. The predicted molar refractivity (Wildman–Crippen MR) is 109 cm³/mol. The van der Waals surface area contributed by atoms with Gasteiger partial charge in [-0.3, -0.25) is 9.59 Å². The van der Waals surface area contributed by atoms with Crippen molar-refractivity contribution in [2.75, 3.05) is 36.4 Å². The van der Waals surface area contributed by atoms with E-state index in [1.807, 2.05) is 29.2 Å². The molecular weight excluding hydrogens is 354 g/mol. The predicted octanol–water partition coefficient (Wildman–Crippen LogP) is 3.38. The van der Waals surface area contributed by atoms with E-state index in [2.05, 4.69) is 10.2 Å². The van der Waals surface area contributed by atoms with Crippen LogP contribution in [-0.4, -0.2) is 42.9 Å². The molecule has 4 rings (SSSR count). The van der Waals surface area contributed by atoms with Gasteiger partial charge in [-0.2, -0.15) is 0 Å². The molecule has 6 heteroatoms. The Bertz CT molecular complexity index is 838. The number of rotatable bonds is 5. The molecule has 1 saturated carbocycles. The van der Waals surface area contributed by atoms with Crippen molar-refractivity contribution < 1.29 is 14.0 Å². The van der Waals surface area contributed by atoms with E-state index < -0.39 is 0 Å². The fourth-order valence-electron chi connectivity index (χ4n) is 3.47. The van der Waals surface area contributed by atoms with Crippen molar-refractivity contribution in [3.8, 4) is 0 Å². The van der Waals surface area contributed by atoms with Gasteiger partial charge in [-0.1, -0.05) is 0 Å². The lowest BCUT2D eigenvalue weighted by atomic mass is 10.2. The number of amides is 2. The molecule has 6 nitrogen and oxygen atoms in total. The van der Waals surface area contributed by atoms with Crippen molar-refractivity contribution in [2.45, 2.75) is 19.3 Å². The highest BCUT2D eigenvalue weighted by molar-refractivity contribution is 6.01. The van der Waals surface area contributed by atoms with Crippen LogP contribution in [0.2, 0.25) is 0 Å². The van der Waals surface area contributed by atoms with Gasteiger partial charge in [0, 0.05) is 49.5 Å². The summed E-state index contributed by atoms with van der Waals surface area (Å²) in [5, 5.41) is 2.85. The normalized spacial score (nSPS) is 17.6.